The fraction of sp³-hybridized carbons (Fsp3) is 0.500. The molecule has 0 saturated carbocycles. The Hall–Kier alpha value is -1.75. The van der Waals surface area contributed by atoms with Gasteiger partial charge in [-0.2, -0.15) is 0 Å². The van der Waals surface area contributed by atoms with E-state index >= 15 is 0 Å². The Labute approximate surface area is 113 Å². The van der Waals surface area contributed by atoms with Crippen LogP contribution < -0.4 is 14.8 Å². The third-order valence-corrected chi connectivity index (χ3v) is 3.07. The van der Waals surface area contributed by atoms with Crippen LogP contribution in [0.15, 0.2) is 12.1 Å². The first kappa shape index (κ1) is 15.3. The highest BCUT2D eigenvalue weighted by molar-refractivity contribution is 5.70. The predicted octanol–water partition coefficient (Wildman–Crippen LogP) is 1.84. The van der Waals surface area contributed by atoms with Gasteiger partial charge in [-0.15, -0.1) is 0 Å². The summed E-state index contributed by atoms with van der Waals surface area (Å²) in [6.07, 6.45) is 0.232. The maximum atomic E-state index is 11.4. The Morgan fingerprint density at radius 3 is 2.32 bits per heavy atom. The third-order valence-electron chi connectivity index (χ3n) is 3.07. The summed E-state index contributed by atoms with van der Waals surface area (Å²) in [5.74, 6) is 1.21. The second-order valence-corrected chi connectivity index (χ2v) is 4.19. The van der Waals surface area contributed by atoms with Crippen molar-refractivity contribution < 1.29 is 19.0 Å². The lowest BCUT2D eigenvalue weighted by Gasteiger charge is -2.20. The summed E-state index contributed by atoms with van der Waals surface area (Å²) in [4.78, 5) is 11.4. The lowest BCUT2D eigenvalue weighted by molar-refractivity contribution is -0.141. The second-order valence-electron chi connectivity index (χ2n) is 4.19. The molecule has 0 aliphatic heterocycles. The molecule has 1 rings (SSSR count). The smallest absolute Gasteiger partial charge is 0.307 e. The van der Waals surface area contributed by atoms with E-state index in [1.807, 2.05) is 19.1 Å². The molecule has 1 atom stereocenters. The summed E-state index contributed by atoms with van der Waals surface area (Å²) in [6.45, 7) is 1.94. The molecule has 5 heteroatoms. The molecular formula is C14H21NO4. The van der Waals surface area contributed by atoms with E-state index in [1.165, 1.54) is 7.11 Å². The van der Waals surface area contributed by atoms with E-state index in [4.69, 9.17) is 14.2 Å². The van der Waals surface area contributed by atoms with Gasteiger partial charge < -0.3 is 19.5 Å². The molecule has 106 valence electrons. The van der Waals surface area contributed by atoms with E-state index in [-0.39, 0.29) is 18.4 Å². The zero-order valence-corrected chi connectivity index (χ0v) is 12.1. The molecule has 19 heavy (non-hydrogen) atoms. The summed E-state index contributed by atoms with van der Waals surface area (Å²) in [5.41, 5.74) is 1.86. The van der Waals surface area contributed by atoms with Crippen LogP contribution in [0.5, 0.6) is 11.5 Å². The molecule has 0 bridgehead atoms. The topological polar surface area (TPSA) is 56.8 Å². The average Bonchev–Trinajstić information content (AvgIpc) is 2.44. The number of carbonyl (C=O) groups is 1. The molecule has 1 N–H and O–H groups in total. The highest BCUT2D eigenvalue weighted by Gasteiger charge is 2.20. The molecule has 0 aromatic heterocycles. The van der Waals surface area contributed by atoms with Crippen LogP contribution in [0.1, 0.15) is 23.6 Å². The number of methoxy groups -OCH3 is 3. The number of aryl methyl sites for hydroxylation is 1. The zero-order valence-electron chi connectivity index (χ0n) is 12.1. The maximum Gasteiger partial charge on any atom is 0.307 e. The summed E-state index contributed by atoms with van der Waals surface area (Å²) in [5, 5.41) is 3.09. The standard InChI is InChI=1S/C14H21NO4/c1-9-6-13(18-4)10(7-12(9)17-3)11(15-2)8-14(16)19-5/h6-7,11,15H,8H2,1-5H3. The van der Waals surface area contributed by atoms with Gasteiger partial charge in [0.1, 0.15) is 11.5 Å². The van der Waals surface area contributed by atoms with E-state index < -0.39 is 0 Å². The zero-order chi connectivity index (χ0) is 14.4. The van der Waals surface area contributed by atoms with Crippen LogP contribution in [0.25, 0.3) is 0 Å². The van der Waals surface area contributed by atoms with E-state index in [0.717, 1.165) is 22.6 Å². The lowest BCUT2D eigenvalue weighted by Crippen LogP contribution is -2.21. The van der Waals surface area contributed by atoms with Crippen molar-refractivity contribution in [1.29, 1.82) is 0 Å². The van der Waals surface area contributed by atoms with Crippen LogP contribution in [-0.4, -0.2) is 34.3 Å². The van der Waals surface area contributed by atoms with Gasteiger partial charge in [0.05, 0.1) is 27.8 Å². The van der Waals surface area contributed by atoms with Gasteiger partial charge in [-0.05, 0) is 31.7 Å². The van der Waals surface area contributed by atoms with Crippen LogP contribution in [0.4, 0.5) is 0 Å². The van der Waals surface area contributed by atoms with Crippen LogP contribution in [0, 0.1) is 6.92 Å². The van der Waals surface area contributed by atoms with Crippen molar-refractivity contribution in [2.24, 2.45) is 0 Å². The molecular weight excluding hydrogens is 246 g/mol. The highest BCUT2D eigenvalue weighted by atomic mass is 16.5. The van der Waals surface area contributed by atoms with Gasteiger partial charge in [0.25, 0.3) is 0 Å². The molecule has 1 aromatic carbocycles. The number of hydrogen-bond acceptors (Lipinski definition) is 5. The highest BCUT2D eigenvalue weighted by Crippen LogP contribution is 2.33. The van der Waals surface area contributed by atoms with Crippen molar-refractivity contribution in [2.75, 3.05) is 28.4 Å². The fourth-order valence-electron chi connectivity index (χ4n) is 1.96. The molecule has 0 saturated heterocycles. The number of carbonyl (C=O) groups excluding carboxylic acids is 1. The number of esters is 1. The molecule has 0 fully saturated rings. The normalized spacial score (nSPS) is 11.8. The van der Waals surface area contributed by atoms with Crippen molar-refractivity contribution in [3.63, 3.8) is 0 Å². The first-order valence-electron chi connectivity index (χ1n) is 6.04. The molecule has 0 aliphatic carbocycles. The molecule has 1 aromatic rings. The second kappa shape index (κ2) is 6.99. The summed E-state index contributed by atoms with van der Waals surface area (Å²) in [7, 11) is 6.39. The molecule has 5 nitrogen and oxygen atoms in total. The molecule has 0 spiro atoms. The van der Waals surface area contributed by atoms with Gasteiger partial charge in [-0.25, -0.2) is 0 Å². The minimum atomic E-state index is -0.277. The van der Waals surface area contributed by atoms with E-state index in [2.05, 4.69) is 5.32 Å². The lowest BCUT2D eigenvalue weighted by atomic mass is 10.00. The maximum absolute atomic E-state index is 11.4. The largest absolute Gasteiger partial charge is 0.496 e. The predicted molar refractivity (Wildman–Crippen MR) is 72.7 cm³/mol. The number of rotatable bonds is 6. The van der Waals surface area contributed by atoms with E-state index in [1.54, 1.807) is 21.3 Å². The van der Waals surface area contributed by atoms with Crippen molar-refractivity contribution in [3.05, 3.63) is 23.3 Å². The third kappa shape index (κ3) is 3.61. The molecule has 1 unspecified atom stereocenters. The van der Waals surface area contributed by atoms with Crippen molar-refractivity contribution in [2.45, 2.75) is 19.4 Å². The first-order chi connectivity index (χ1) is 9.07. The van der Waals surface area contributed by atoms with Gasteiger partial charge in [0.2, 0.25) is 0 Å². The Kier molecular flexibility index (Phi) is 5.63. The number of benzene rings is 1. The quantitative estimate of drug-likeness (QED) is 0.797. The Morgan fingerprint density at radius 1 is 1.21 bits per heavy atom. The Balaban J connectivity index is 3.17. The Morgan fingerprint density at radius 2 is 1.84 bits per heavy atom. The molecule has 0 radical (unpaired) electrons. The minimum Gasteiger partial charge on any atom is -0.496 e. The average molecular weight is 267 g/mol. The molecule has 0 heterocycles. The van der Waals surface area contributed by atoms with Crippen LogP contribution >= 0.6 is 0 Å². The van der Waals surface area contributed by atoms with Gasteiger partial charge in [0, 0.05) is 11.6 Å². The van der Waals surface area contributed by atoms with E-state index in [0.29, 0.717) is 0 Å². The summed E-state index contributed by atoms with van der Waals surface area (Å²) in [6, 6.07) is 3.60. The monoisotopic (exact) mass is 267 g/mol. The SMILES string of the molecule is CNC(CC(=O)OC)c1cc(OC)c(C)cc1OC. The van der Waals surface area contributed by atoms with Gasteiger partial charge in [-0.1, -0.05) is 0 Å². The minimum absolute atomic E-state index is 0.183. The number of hydrogen-bond donors (Lipinski definition) is 1. The van der Waals surface area contributed by atoms with Crippen molar-refractivity contribution in [1.82, 2.24) is 5.32 Å². The molecule has 0 aliphatic rings. The van der Waals surface area contributed by atoms with E-state index in [9.17, 15) is 4.79 Å². The summed E-state index contributed by atoms with van der Waals surface area (Å²) < 4.78 is 15.4. The number of nitrogens with one attached hydrogen (secondary N) is 1. The van der Waals surface area contributed by atoms with Crippen molar-refractivity contribution in [3.8, 4) is 11.5 Å². The Bertz CT molecular complexity index is 445. The molecule has 0 amide bonds. The summed E-state index contributed by atoms with van der Waals surface area (Å²) >= 11 is 0. The number of ether oxygens (including phenoxy) is 3. The first-order valence-corrected chi connectivity index (χ1v) is 6.04. The van der Waals surface area contributed by atoms with Crippen molar-refractivity contribution >= 4 is 5.97 Å². The van der Waals surface area contributed by atoms with Crippen LogP contribution in [-0.2, 0) is 9.53 Å². The fourth-order valence-corrected chi connectivity index (χ4v) is 1.96. The van der Waals surface area contributed by atoms with Crippen LogP contribution in [0.2, 0.25) is 0 Å². The van der Waals surface area contributed by atoms with Gasteiger partial charge in [-0.3, -0.25) is 4.79 Å². The van der Waals surface area contributed by atoms with Gasteiger partial charge in [0.15, 0.2) is 0 Å². The van der Waals surface area contributed by atoms with Crippen LogP contribution in [0.3, 0.4) is 0 Å². The van der Waals surface area contributed by atoms with Gasteiger partial charge >= 0.3 is 5.97 Å².